The summed E-state index contributed by atoms with van der Waals surface area (Å²) in [5.74, 6) is 4.79. The van der Waals surface area contributed by atoms with Crippen molar-refractivity contribution in [3.8, 4) is 11.5 Å². The number of fused-ring (bicyclic) bond motifs is 1. The number of hydrogen-bond acceptors (Lipinski definition) is 6. The van der Waals surface area contributed by atoms with Crippen LogP contribution >= 0.6 is 0 Å². The molecule has 52 heavy (non-hydrogen) atoms. The average molecular weight is 733 g/mol. The highest BCUT2D eigenvalue weighted by atomic mass is 16.5. The molecule has 0 saturated heterocycles. The average Bonchev–Trinajstić information content (AvgIpc) is 3.07. The first-order valence-corrected chi connectivity index (χ1v) is 21.2. The number of unbranched alkanes of at least 4 members (excludes halogenated alkanes) is 2. The molecular weight excluding hydrogens is 645 g/mol. The number of phenolic OH excluding ortho intramolecular Hbond substituents is 1. The van der Waals surface area contributed by atoms with Crippen LogP contribution in [-0.2, 0) is 11.2 Å². The van der Waals surface area contributed by atoms with Crippen molar-refractivity contribution in [2.45, 2.75) is 204 Å². The van der Waals surface area contributed by atoms with Crippen molar-refractivity contribution < 1.29 is 19.7 Å². The van der Waals surface area contributed by atoms with Crippen molar-refractivity contribution in [2.24, 2.45) is 35.1 Å². The van der Waals surface area contributed by atoms with Crippen LogP contribution in [0.4, 0.5) is 0 Å². The number of benzene rings is 1. The van der Waals surface area contributed by atoms with Gasteiger partial charge in [-0.25, -0.2) is 0 Å². The van der Waals surface area contributed by atoms with E-state index in [1.54, 1.807) is 0 Å². The fourth-order valence-electron chi connectivity index (χ4n) is 7.06. The van der Waals surface area contributed by atoms with Crippen LogP contribution in [0.3, 0.4) is 0 Å². The van der Waals surface area contributed by atoms with Gasteiger partial charge in [-0.3, -0.25) is 0 Å². The lowest BCUT2D eigenvalue weighted by Crippen LogP contribution is -2.37. The van der Waals surface area contributed by atoms with Crippen molar-refractivity contribution in [3.63, 3.8) is 0 Å². The maximum absolute atomic E-state index is 10.4. The van der Waals surface area contributed by atoms with Gasteiger partial charge in [-0.2, -0.15) is 0 Å². The predicted octanol–water partition coefficient (Wildman–Crippen LogP) is 11.7. The predicted molar refractivity (Wildman–Crippen MR) is 227 cm³/mol. The summed E-state index contributed by atoms with van der Waals surface area (Å²) < 4.78 is 11.9. The SMILES string of the molecule is CC(C)CC(C)N.CC=C(C)C(O)COCCCCCN.Cc1c(C)c2c(c(C)c1O)CCC(C)(CCCC(C)CCCC(C)CCCC(C)C)O2. The van der Waals surface area contributed by atoms with Crippen molar-refractivity contribution in [3.05, 3.63) is 33.9 Å². The Morgan fingerprint density at radius 1 is 0.827 bits per heavy atom. The molecule has 0 amide bonds. The summed E-state index contributed by atoms with van der Waals surface area (Å²) in [5, 5.41) is 19.9. The van der Waals surface area contributed by atoms with Crippen LogP contribution < -0.4 is 16.2 Å². The first-order chi connectivity index (χ1) is 24.4. The first-order valence-electron chi connectivity index (χ1n) is 21.2. The molecule has 0 bridgehead atoms. The van der Waals surface area contributed by atoms with E-state index in [-0.39, 0.29) is 5.60 Å². The number of aliphatic hydroxyl groups is 1. The smallest absolute Gasteiger partial charge is 0.127 e. The molecule has 5 unspecified atom stereocenters. The third-order valence-corrected chi connectivity index (χ3v) is 11.0. The molecule has 1 aromatic carbocycles. The lowest BCUT2D eigenvalue weighted by atomic mass is 9.84. The van der Waals surface area contributed by atoms with Gasteiger partial charge in [0.2, 0.25) is 0 Å². The summed E-state index contributed by atoms with van der Waals surface area (Å²) in [6, 6.07) is 0.375. The Hall–Kier alpha value is -1.60. The number of nitrogens with two attached hydrogens (primary N) is 2. The van der Waals surface area contributed by atoms with Crippen molar-refractivity contribution in [2.75, 3.05) is 19.8 Å². The van der Waals surface area contributed by atoms with Crippen LogP contribution in [0, 0.1) is 44.4 Å². The highest BCUT2D eigenvalue weighted by molar-refractivity contribution is 5.58. The molecule has 1 heterocycles. The molecule has 6 heteroatoms. The van der Waals surface area contributed by atoms with Gasteiger partial charge < -0.3 is 31.2 Å². The van der Waals surface area contributed by atoms with Gasteiger partial charge in [0.15, 0.2) is 0 Å². The van der Waals surface area contributed by atoms with Crippen molar-refractivity contribution >= 4 is 0 Å². The zero-order valence-corrected chi connectivity index (χ0v) is 36.6. The van der Waals surface area contributed by atoms with Crippen LogP contribution in [0.25, 0.3) is 0 Å². The summed E-state index contributed by atoms with van der Waals surface area (Å²) >= 11 is 0. The Morgan fingerprint density at radius 3 is 1.90 bits per heavy atom. The van der Waals surface area contributed by atoms with Gasteiger partial charge in [0.05, 0.1) is 12.7 Å². The monoisotopic (exact) mass is 733 g/mol. The van der Waals surface area contributed by atoms with Crippen LogP contribution in [0.15, 0.2) is 11.6 Å². The number of hydrogen-bond donors (Lipinski definition) is 4. The number of rotatable bonds is 22. The second kappa shape index (κ2) is 27.9. The molecule has 0 spiro atoms. The normalized spacial score (nSPS) is 18.1. The Kier molecular flexibility index (Phi) is 27.0. The Bertz CT molecular complexity index is 1090. The van der Waals surface area contributed by atoms with Crippen LogP contribution in [-0.4, -0.2) is 47.7 Å². The van der Waals surface area contributed by atoms with E-state index >= 15 is 0 Å². The molecule has 0 fully saturated rings. The summed E-state index contributed by atoms with van der Waals surface area (Å²) in [7, 11) is 0. The molecule has 1 aliphatic rings. The number of phenols is 1. The minimum Gasteiger partial charge on any atom is -0.507 e. The fraction of sp³-hybridized carbons (Fsp3) is 0.826. The van der Waals surface area contributed by atoms with Gasteiger partial charge >= 0.3 is 0 Å². The molecule has 5 atom stereocenters. The third kappa shape index (κ3) is 21.9. The van der Waals surface area contributed by atoms with E-state index in [9.17, 15) is 10.2 Å². The zero-order valence-electron chi connectivity index (χ0n) is 36.6. The lowest BCUT2D eigenvalue weighted by molar-refractivity contribution is 0.0511. The number of ether oxygens (including phenoxy) is 2. The summed E-state index contributed by atoms with van der Waals surface area (Å²) in [5.41, 5.74) is 16.0. The minimum atomic E-state index is -0.450. The van der Waals surface area contributed by atoms with E-state index in [1.807, 2.05) is 40.7 Å². The molecule has 306 valence electrons. The molecule has 1 aromatic rings. The van der Waals surface area contributed by atoms with E-state index in [0.29, 0.717) is 25.0 Å². The molecule has 0 radical (unpaired) electrons. The van der Waals surface area contributed by atoms with E-state index in [1.165, 1.54) is 56.9 Å². The van der Waals surface area contributed by atoms with E-state index in [0.717, 1.165) is 103 Å². The van der Waals surface area contributed by atoms with Gasteiger partial charge in [-0.15, -0.1) is 0 Å². The lowest BCUT2D eigenvalue weighted by Gasteiger charge is -2.38. The molecule has 0 aromatic heterocycles. The van der Waals surface area contributed by atoms with Crippen LogP contribution in [0.1, 0.15) is 181 Å². The number of aromatic hydroxyl groups is 1. The Morgan fingerprint density at radius 2 is 1.40 bits per heavy atom. The summed E-state index contributed by atoms with van der Waals surface area (Å²) in [6.45, 7) is 30.0. The minimum absolute atomic E-state index is 0.0712. The fourth-order valence-corrected chi connectivity index (χ4v) is 7.06. The molecule has 1 aliphatic heterocycles. The maximum Gasteiger partial charge on any atom is 0.127 e. The largest absolute Gasteiger partial charge is 0.507 e. The maximum atomic E-state index is 10.4. The topological polar surface area (TPSA) is 111 Å². The highest BCUT2D eigenvalue weighted by Gasteiger charge is 2.34. The molecule has 0 saturated carbocycles. The number of allylic oxidation sites excluding steroid dienone is 1. The van der Waals surface area contributed by atoms with Crippen molar-refractivity contribution in [1.29, 1.82) is 0 Å². The summed E-state index contributed by atoms with van der Waals surface area (Å²) in [6.07, 6.45) is 19.8. The van der Waals surface area contributed by atoms with Crippen LogP contribution in [0.5, 0.6) is 11.5 Å². The molecule has 6 nitrogen and oxygen atoms in total. The molecule has 0 aliphatic carbocycles. The van der Waals surface area contributed by atoms with E-state index in [2.05, 4.69) is 55.4 Å². The molecular formula is C46H88N2O4. The summed E-state index contributed by atoms with van der Waals surface area (Å²) in [4.78, 5) is 0. The second-order valence-electron chi connectivity index (χ2n) is 17.5. The quantitative estimate of drug-likeness (QED) is 0.0698. The first kappa shape index (κ1) is 50.4. The second-order valence-corrected chi connectivity index (χ2v) is 17.5. The van der Waals surface area contributed by atoms with E-state index < -0.39 is 6.10 Å². The van der Waals surface area contributed by atoms with Gasteiger partial charge in [0, 0.05) is 18.2 Å². The van der Waals surface area contributed by atoms with Gasteiger partial charge in [-0.05, 0) is 152 Å². The standard InChI is InChI=1S/C29H50O2.C11H23NO2.C6H15N/c1-20(2)12-9-13-21(3)14-10-15-22(4)16-11-18-29(8)19-17-26-25(7)27(30)23(5)24(6)28(26)31-29;1-3-10(2)11(13)9-14-8-6-4-5-7-12;1-5(2)4-6(3)7/h20-22,30H,9-19H2,1-8H3;3,11,13H,4-9,12H2,1-2H3;5-6H,4,7H2,1-3H3. The van der Waals surface area contributed by atoms with E-state index in [4.69, 9.17) is 20.9 Å². The van der Waals surface area contributed by atoms with Gasteiger partial charge in [0.1, 0.15) is 17.1 Å². The Balaban J connectivity index is 0.00000102. The molecule has 6 N–H and O–H groups in total. The Labute approximate surface area is 323 Å². The van der Waals surface area contributed by atoms with Crippen LogP contribution in [0.2, 0.25) is 0 Å². The van der Waals surface area contributed by atoms with Crippen molar-refractivity contribution in [1.82, 2.24) is 0 Å². The van der Waals surface area contributed by atoms with Gasteiger partial charge in [-0.1, -0.05) is 92.6 Å². The number of aliphatic hydroxyl groups excluding tert-OH is 1. The van der Waals surface area contributed by atoms with Gasteiger partial charge in [0.25, 0.3) is 0 Å². The molecule has 2 rings (SSSR count). The highest BCUT2D eigenvalue weighted by Crippen LogP contribution is 2.44. The third-order valence-electron chi connectivity index (χ3n) is 11.0. The zero-order chi connectivity index (χ0) is 39.9.